The fraction of sp³-hybridized carbons (Fsp3) is 0.286. The molecule has 0 atom stereocenters. The third-order valence-electron chi connectivity index (χ3n) is 1.16. The summed E-state index contributed by atoms with van der Waals surface area (Å²) in [4.78, 5) is 19.5. The summed E-state index contributed by atoms with van der Waals surface area (Å²) in [7, 11) is -3.88. The Kier molecular flexibility index (Phi) is 5.30. The van der Waals surface area contributed by atoms with Gasteiger partial charge >= 0.3 is 7.60 Å². The molecular weight excluding hydrogens is 191 g/mol. The molecule has 6 heteroatoms. The topological polar surface area (TPSA) is 75.3 Å². The second-order valence-electron chi connectivity index (χ2n) is 2.16. The third kappa shape index (κ3) is 7.46. The van der Waals surface area contributed by atoms with Crippen LogP contribution in [0.3, 0.4) is 0 Å². The summed E-state index contributed by atoms with van der Waals surface area (Å²) in [5.74, 6) is 0.604. The van der Waals surface area contributed by atoms with Gasteiger partial charge in [-0.2, -0.15) is 0 Å². The number of imidazole rings is 1. The van der Waals surface area contributed by atoms with Crippen LogP contribution in [0.15, 0.2) is 31.1 Å². The normalized spacial score (nSPS) is 10.1. The number of aryl methyl sites for hydroxylation is 1. The van der Waals surface area contributed by atoms with Gasteiger partial charge < -0.3 is 14.4 Å². The molecule has 1 rings (SSSR count). The second-order valence-corrected chi connectivity index (χ2v) is 3.71. The standard InChI is InChI=1S/C5H8N2.C2H5O3P/c1-2-7-4-3-6-5-7;1-2-6(3,4)5/h3-5H,2H2,1H3;2H,1H2,(H2,3,4,5). The van der Waals surface area contributed by atoms with Gasteiger partial charge in [0.15, 0.2) is 0 Å². The summed E-state index contributed by atoms with van der Waals surface area (Å²) in [5.41, 5.74) is 0. The van der Waals surface area contributed by atoms with Crippen LogP contribution in [0.2, 0.25) is 0 Å². The Morgan fingerprint density at radius 2 is 2.23 bits per heavy atom. The summed E-state index contributed by atoms with van der Waals surface area (Å²) < 4.78 is 11.6. The van der Waals surface area contributed by atoms with E-state index >= 15 is 0 Å². The molecule has 13 heavy (non-hydrogen) atoms. The summed E-state index contributed by atoms with van der Waals surface area (Å²) in [5, 5.41) is 0. The van der Waals surface area contributed by atoms with Crippen molar-refractivity contribution in [2.75, 3.05) is 0 Å². The molecule has 0 amide bonds. The highest BCUT2D eigenvalue weighted by molar-refractivity contribution is 7.55. The van der Waals surface area contributed by atoms with Crippen molar-refractivity contribution >= 4 is 7.60 Å². The summed E-state index contributed by atoms with van der Waals surface area (Å²) >= 11 is 0. The van der Waals surface area contributed by atoms with E-state index in [1.807, 2.05) is 10.8 Å². The van der Waals surface area contributed by atoms with Crippen molar-refractivity contribution in [2.45, 2.75) is 13.5 Å². The van der Waals surface area contributed by atoms with Gasteiger partial charge in [-0.15, -0.1) is 0 Å². The van der Waals surface area contributed by atoms with Crippen LogP contribution in [0.4, 0.5) is 0 Å². The van der Waals surface area contributed by atoms with Crippen molar-refractivity contribution in [2.24, 2.45) is 0 Å². The Balaban J connectivity index is 0.000000226. The smallest absolute Gasteiger partial charge is 0.338 e. The van der Waals surface area contributed by atoms with E-state index in [1.54, 1.807) is 12.5 Å². The number of hydrogen-bond acceptors (Lipinski definition) is 2. The zero-order valence-corrected chi connectivity index (χ0v) is 8.26. The molecular formula is C7H13N2O3P. The molecule has 0 fully saturated rings. The lowest BCUT2D eigenvalue weighted by Crippen LogP contribution is -1.85. The van der Waals surface area contributed by atoms with Crippen molar-refractivity contribution in [3.63, 3.8) is 0 Å². The molecule has 1 aromatic heterocycles. The minimum Gasteiger partial charge on any atom is -0.338 e. The summed E-state index contributed by atoms with van der Waals surface area (Å²) in [6.07, 6.45) is 5.53. The first-order valence-corrected chi connectivity index (χ1v) is 5.32. The van der Waals surface area contributed by atoms with Crippen molar-refractivity contribution in [3.05, 3.63) is 31.1 Å². The lowest BCUT2D eigenvalue weighted by atomic mass is 10.7. The van der Waals surface area contributed by atoms with Gasteiger partial charge in [0.1, 0.15) is 0 Å². The predicted molar refractivity (Wildman–Crippen MR) is 50.1 cm³/mol. The Labute approximate surface area is 76.9 Å². The van der Waals surface area contributed by atoms with Crippen LogP contribution in [0.25, 0.3) is 0 Å². The van der Waals surface area contributed by atoms with Crippen LogP contribution >= 0.6 is 7.60 Å². The largest absolute Gasteiger partial charge is 0.348 e. The first-order chi connectivity index (χ1) is 5.99. The molecule has 0 aliphatic carbocycles. The SMILES string of the molecule is C=CP(=O)(O)O.CCn1ccnc1. The van der Waals surface area contributed by atoms with Crippen LogP contribution < -0.4 is 0 Å². The predicted octanol–water partition coefficient (Wildman–Crippen LogP) is 1.21. The fourth-order valence-electron chi connectivity index (χ4n) is 0.474. The molecule has 74 valence electrons. The lowest BCUT2D eigenvalue weighted by Gasteiger charge is -1.87. The van der Waals surface area contributed by atoms with Crippen molar-refractivity contribution in [1.82, 2.24) is 9.55 Å². The van der Waals surface area contributed by atoms with Gasteiger partial charge in [0.25, 0.3) is 0 Å². The minimum atomic E-state index is -3.88. The first-order valence-electron chi connectivity index (χ1n) is 3.64. The first kappa shape index (κ1) is 12.1. The van der Waals surface area contributed by atoms with Crippen LogP contribution in [0.1, 0.15) is 6.92 Å². The molecule has 0 radical (unpaired) electrons. The van der Waals surface area contributed by atoms with Crippen LogP contribution in [-0.2, 0) is 11.1 Å². The molecule has 0 unspecified atom stereocenters. The molecule has 0 spiro atoms. The van der Waals surface area contributed by atoms with Gasteiger partial charge in [-0.25, -0.2) is 4.98 Å². The van der Waals surface area contributed by atoms with E-state index < -0.39 is 7.60 Å². The molecule has 0 saturated heterocycles. The van der Waals surface area contributed by atoms with Crippen LogP contribution in [-0.4, -0.2) is 19.3 Å². The van der Waals surface area contributed by atoms with Gasteiger partial charge in [0.2, 0.25) is 0 Å². The Morgan fingerprint density at radius 1 is 1.69 bits per heavy atom. The molecule has 0 aliphatic heterocycles. The van der Waals surface area contributed by atoms with E-state index in [-0.39, 0.29) is 0 Å². The number of hydrogen-bond donors (Lipinski definition) is 2. The van der Waals surface area contributed by atoms with E-state index in [0.717, 1.165) is 6.54 Å². The van der Waals surface area contributed by atoms with Crippen molar-refractivity contribution in [3.8, 4) is 0 Å². The molecule has 1 aromatic rings. The minimum absolute atomic E-state index is 0.604. The Morgan fingerprint density at radius 3 is 2.38 bits per heavy atom. The zero-order valence-electron chi connectivity index (χ0n) is 7.37. The molecule has 2 N–H and O–H groups in total. The maximum absolute atomic E-state index is 9.58. The third-order valence-corrected chi connectivity index (χ3v) is 1.64. The highest BCUT2D eigenvalue weighted by Crippen LogP contribution is 2.34. The van der Waals surface area contributed by atoms with E-state index in [9.17, 15) is 4.57 Å². The molecule has 0 aliphatic rings. The van der Waals surface area contributed by atoms with E-state index in [4.69, 9.17) is 9.79 Å². The fourth-order valence-corrected chi connectivity index (χ4v) is 0.474. The second kappa shape index (κ2) is 5.70. The van der Waals surface area contributed by atoms with Gasteiger partial charge in [0, 0.05) is 24.8 Å². The quantitative estimate of drug-likeness (QED) is 0.710. The summed E-state index contributed by atoms with van der Waals surface area (Å²) in [6, 6.07) is 0. The summed E-state index contributed by atoms with van der Waals surface area (Å²) in [6.45, 7) is 5.97. The highest BCUT2D eigenvalue weighted by atomic mass is 31.2. The monoisotopic (exact) mass is 204 g/mol. The van der Waals surface area contributed by atoms with E-state index in [1.165, 1.54) is 0 Å². The van der Waals surface area contributed by atoms with Gasteiger partial charge in [-0.05, 0) is 6.92 Å². The Hall–Kier alpha value is -0.900. The van der Waals surface area contributed by atoms with E-state index in [2.05, 4.69) is 18.5 Å². The van der Waals surface area contributed by atoms with Gasteiger partial charge in [-0.3, -0.25) is 4.57 Å². The number of nitrogens with zero attached hydrogens (tertiary/aromatic N) is 2. The van der Waals surface area contributed by atoms with Crippen molar-refractivity contribution in [1.29, 1.82) is 0 Å². The molecule has 0 bridgehead atoms. The Bertz CT molecular complexity index is 278. The molecule has 0 saturated carbocycles. The molecule has 1 heterocycles. The maximum atomic E-state index is 9.58. The number of aromatic nitrogens is 2. The van der Waals surface area contributed by atoms with Crippen LogP contribution in [0.5, 0.6) is 0 Å². The number of rotatable bonds is 2. The van der Waals surface area contributed by atoms with Crippen LogP contribution in [0, 0.1) is 0 Å². The molecule has 0 aromatic carbocycles. The van der Waals surface area contributed by atoms with Gasteiger partial charge in [-0.1, -0.05) is 6.58 Å². The van der Waals surface area contributed by atoms with Gasteiger partial charge in [0.05, 0.1) is 6.33 Å². The molecule has 5 nitrogen and oxygen atoms in total. The van der Waals surface area contributed by atoms with Crippen molar-refractivity contribution < 1.29 is 14.4 Å². The average molecular weight is 204 g/mol. The average Bonchev–Trinajstić information content (AvgIpc) is 2.56. The van der Waals surface area contributed by atoms with E-state index in [0.29, 0.717) is 5.82 Å². The highest BCUT2D eigenvalue weighted by Gasteiger charge is 2.00. The zero-order chi connectivity index (χ0) is 10.3. The lowest BCUT2D eigenvalue weighted by molar-refractivity contribution is 0.386. The maximum Gasteiger partial charge on any atom is 0.348 e.